The van der Waals surface area contributed by atoms with Crippen molar-refractivity contribution in [3.05, 3.63) is 35.4 Å². The normalized spacial score (nSPS) is 24.9. The van der Waals surface area contributed by atoms with E-state index in [1.807, 2.05) is 0 Å². The van der Waals surface area contributed by atoms with Crippen molar-refractivity contribution in [2.24, 2.45) is 5.92 Å². The Morgan fingerprint density at radius 3 is 2.84 bits per heavy atom. The highest BCUT2D eigenvalue weighted by molar-refractivity contribution is 5.26. The van der Waals surface area contributed by atoms with Crippen molar-refractivity contribution in [1.82, 2.24) is 10.2 Å². The van der Waals surface area contributed by atoms with E-state index in [9.17, 15) is 0 Å². The van der Waals surface area contributed by atoms with E-state index >= 15 is 0 Å². The molecule has 0 bridgehead atoms. The number of nitrogens with one attached hydrogen (secondary N) is 1. The third-order valence-electron chi connectivity index (χ3n) is 4.18. The SMILES string of the molecule is Cc1cccc(C2C(CNC(C)C)CCCN2C)c1. The van der Waals surface area contributed by atoms with Gasteiger partial charge in [0.2, 0.25) is 0 Å². The van der Waals surface area contributed by atoms with Gasteiger partial charge in [0.05, 0.1) is 0 Å². The molecule has 106 valence electrons. The van der Waals surface area contributed by atoms with E-state index in [0.717, 1.165) is 12.5 Å². The van der Waals surface area contributed by atoms with Crippen molar-refractivity contribution >= 4 is 0 Å². The minimum absolute atomic E-state index is 0.569. The Kier molecular flexibility index (Phi) is 5.00. The van der Waals surface area contributed by atoms with Crippen molar-refractivity contribution < 1.29 is 0 Å². The molecule has 2 unspecified atom stereocenters. The molecule has 0 aromatic heterocycles. The van der Waals surface area contributed by atoms with Gasteiger partial charge in [0.25, 0.3) is 0 Å². The molecule has 1 fully saturated rings. The van der Waals surface area contributed by atoms with E-state index in [1.165, 1.54) is 30.5 Å². The highest BCUT2D eigenvalue weighted by Crippen LogP contribution is 2.34. The van der Waals surface area contributed by atoms with Crippen molar-refractivity contribution in [2.45, 2.75) is 45.7 Å². The molecule has 2 rings (SSSR count). The molecule has 19 heavy (non-hydrogen) atoms. The molecule has 1 aliphatic rings. The van der Waals surface area contributed by atoms with Crippen LogP contribution in [0.25, 0.3) is 0 Å². The van der Waals surface area contributed by atoms with Crippen LogP contribution in [0, 0.1) is 12.8 Å². The van der Waals surface area contributed by atoms with Gasteiger partial charge in [-0.15, -0.1) is 0 Å². The summed E-state index contributed by atoms with van der Waals surface area (Å²) in [5, 5.41) is 3.62. The fraction of sp³-hybridized carbons (Fsp3) is 0.647. The lowest BCUT2D eigenvalue weighted by Crippen LogP contribution is -2.41. The van der Waals surface area contributed by atoms with Gasteiger partial charge in [0.15, 0.2) is 0 Å². The molecule has 2 heteroatoms. The summed E-state index contributed by atoms with van der Waals surface area (Å²) in [7, 11) is 2.27. The summed E-state index contributed by atoms with van der Waals surface area (Å²) in [5.41, 5.74) is 2.85. The van der Waals surface area contributed by atoms with Crippen molar-refractivity contribution in [3.63, 3.8) is 0 Å². The highest BCUT2D eigenvalue weighted by Gasteiger charge is 2.30. The third kappa shape index (κ3) is 3.80. The van der Waals surface area contributed by atoms with Crippen LogP contribution in [0.15, 0.2) is 24.3 Å². The summed E-state index contributed by atoms with van der Waals surface area (Å²) in [6, 6.07) is 10.2. The van der Waals surface area contributed by atoms with Gasteiger partial charge < -0.3 is 5.32 Å². The van der Waals surface area contributed by atoms with Crippen molar-refractivity contribution in [1.29, 1.82) is 0 Å². The van der Waals surface area contributed by atoms with Gasteiger partial charge in [-0.2, -0.15) is 0 Å². The summed E-state index contributed by atoms with van der Waals surface area (Å²) >= 11 is 0. The Morgan fingerprint density at radius 2 is 2.16 bits per heavy atom. The standard InChI is InChI=1S/C17H28N2/c1-13(2)18-12-16-9-6-10-19(4)17(16)15-8-5-7-14(3)11-15/h5,7-8,11,13,16-18H,6,9-10,12H2,1-4H3. The van der Waals surface area contributed by atoms with Crippen LogP contribution in [-0.4, -0.2) is 31.1 Å². The van der Waals surface area contributed by atoms with Crippen LogP contribution >= 0.6 is 0 Å². The maximum atomic E-state index is 3.62. The number of aryl methyl sites for hydroxylation is 1. The number of nitrogens with zero attached hydrogens (tertiary/aromatic N) is 1. The minimum Gasteiger partial charge on any atom is -0.314 e. The lowest BCUT2D eigenvalue weighted by molar-refractivity contribution is 0.118. The molecule has 2 atom stereocenters. The molecule has 0 saturated carbocycles. The molecule has 1 saturated heterocycles. The second-order valence-corrected chi connectivity index (χ2v) is 6.30. The molecule has 1 aliphatic heterocycles. The topological polar surface area (TPSA) is 15.3 Å². The van der Waals surface area contributed by atoms with Gasteiger partial charge in [-0.3, -0.25) is 4.90 Å². The van der Waals surface area contributed by atoms with Crippen LogP contribution in [0.1, 0.15) is 43.9 Å². The maximum absolute atomic E-state index is 3.62. The van der Waals surface area contributed by atoms with Crippen LogP contribution in [0.4, 0.5) is 0 Å². The first-order valence-corrected chi connectivity index (χ1v) is 7.58. The molecule has 1 N–H and O–H groups in total. The Bertz CT molecular complexity index is 400. The minimum atomic E-state index is 0.569. The highest BCUT2D eigenvalue weighted by atomic mass is 15.1. The second kappa shape index (κ2) is 6.53. The molecule has 2 nitrogen and oxygen atoms in total. The first-order chi connectivity index (χ1) is 9.08. The van der Waals surface area contributed by atoms with Gasteiger partial charge in [-0.05, 0) is 44.8 Å². The Morgan fingerprint density at radius 1 is 1.37 bits per heavy atom. The molecular weight excluding hydrogens is 232 g/mol. The molecule has 0 radical (unpaired) electrons. The van der Waals surface area contributed by atoms with Gasteiger partial charge in [0.1, 0.15) is 0 Å². The van der Waals surface area contributed by atoms with E-state index in [2.05, 4.69) is 62.3 Å². The van der Waals surface area contributed by atoms with E-state index in [4.69, 9.17) is 0 Å². The second-order valence-electron chi connectivity index (χ2n) is 6.30. The molecule has 0 spiro atoms. The molecule has 1 aromatic carbocycles. The first kappa shape index (κ1) is 14.5. The summed E-state index contributed by atoms with van der Waals surface area (Å²) in [4.78, 5) is 2.53. The fourth-order valence-electron chi connectivity index (χ4n) is 3.24. The van der Waals surface area contributed by atoms with E-state index in [0.29, 0.717) is 12.1 Å². The Balaban J connectivity index is 2.16. The zero-order valence-electron chi connectivity index (χ0n) is 12.8. The van der Waals surface area contributed by atoms with Crippen LogP contribution in [-0.2, 0) is 0 Å². The summed E-state index contributed by atoms with van der Waals surface area (Å²) < 4.78 is 0. The predicted molar refractivity (Wildman–Crippen MR) is 82.4 cm³/mol. The van der Waals surface area contributed by atoms with Crippen LogP contribution in [0.2, 0.25) is 0 Å². The average Bonchev–Trinajstić information content (AvgIpc) is 2.36. The molecule has 0 aliphatic carbocycles. The zero-order chi connectivity index (χ0) is 13.8. The molecular formula is C17H28N2. The smallest absolute Gasteiger partial charge is 0.0385 e. The van der Waals surface area contributed by atoms with Crippen molar-refractivity contribution in [3.8, 4) is 0 Å². The number of benzene rings is 1. The fourth-order valence-corrected chi connectivity index (χ4v) is 3.24. The molecule has 1 heterocycles. The van der Waals surface area contributed by atoms with Gasteiger partial charge in [-0.1, -0.05) is 43.7 Å². The first-order valence-electron chi connectivity index (χ1n) is 7.58. The Labute approximate surface area is 118 Å². The maximum Gasteiger partial charge on any atom is 0.0385 e. The number of rotatable bonds is 4. The summed E-state index contributed by atoms with van der Waals surface area (Å²) in [6.07, 6.45) is 2.66. The largest absolute Gasteiger partial charge is 0.314 e. The summed E-state index contributed by atoms with van der Waals surface area (Å²) in [5.74, 6) is 0.725. The van der Waals surface area contributed by atoms with Gasteiger partial charge in [-0.25, -0.2) is 0 Å². The molecule has 1 aromatic rings. The Hall–Kier alpha value is -0.860. The lowest BCUT2D eigenvalue weighted by atomic mass is 9.84. The van der Waals surface area contributed by atoms with E-state index in [1.54, 1.807) is 0 Å². The van der Waals surface area contributed by atoms with Gasteiger partial charge >= 0.3 is 0 Å². The van der Waals surface area contributed by atoms with Crippen LogP contribution in [0.3, 0.4) is 0 Å². The van der Waals surface area contributed by atoms with Crippen molar-refractivity contribution in [2.75, 3.05) is 20.1 Å². The number of piperidine rings is 1. The number of hydrogen-bond donors (Lipinski definition) is 1. The quantitative estimate of drug-likeness (QED) is 0.893. The zero-order valence-corrected chi connectivity index (χ0v) is 12.8. The monoisotopic (exact) mass is 260 g/mol. The van der Waals surface area contributed by atoms with Crippen LogP contribution < -0.4 is 5.32 Å². The van der Waals surface area contributed by atoms with Crippen LogP contribution in [0.5, 0.6) is 0 Å². The predicted octanol–water partition coefficient (Wildman–Crippen LogP) is 3.38. The third-order valence-corrected chi connectivity index (χ3v) is 4.18. The van der Waals surface area contributed by atoms with E-state index < -0.39 is 0 Å². The van der Waals surface area contributed by atoms with E-state index in [-0.39, 0.29) is 0 Å². The van der Waals surface area contributed by atoms with Gasteiger partial charge in [0, 0.05) is 18.6 Å². The molecule has 0 amide bonds. The average molecular weight is 260 g/mol. The number of likely N-dealkylation sites (tertiary alicyclic amines) is 1. The summed E-state index contributed by atoms with van der Waals surface area (Å²) in [6.45, 7) is 8.99. The number of hydrogen-bond acceptors (Lipinski definition) is 2. The lowest BCUT2D eigenvalue weighted by Gasteiger charge is -2.40.